The van der Waals surface area contributed by atoms with E-state index in [4.69, 9.17) is 4.74 Å². The second-order valence-corrected chi connectivity index (χ2v) is 8.48. The number of benzene rings is 3. The quantitative estimate of drug-likeness (QED) is 0.557. The van der Waals surface area contributed by atoms with Gasteiger partial charge in [-0.1, -0.05) is 36.4 Å². The van der Waals surface area contributed by atoms with E-state index in [1.165, 1.54) is 37.4 Å². The first kappa shape index (κ1) is 23.1. The highest BCUT2D eigenvalue weighted by Crippen LogP contribution is 2.33. The Morgan fingerprint density at radius 2 is 1.62 bits per heavy atom. The number of hydrogen-bond acceptors (Lipinski definition) is 4. The van der Waals surface area contributed by atoms with Gasteiger partial charge in [-0.2, -0.15) is 13.2 Å². The van der Waals surface area contributed by atoms with Crippen LogP contribution in [0.4, 0.5) is 24.5 Å². The molecule has 0 atom stereocenters. The molecule has 0 aliphatic rings. The number of ether oxygens (including phenoxy) is 1. The van der Waals surface area contributed by atoms with E-state index in [0.29, 0.717) is 21.8 Å². The summed E-state index contributed by atoms with van der Waals surface area (Å²) in [5.41, 5.74) is -1.03. The molecule has 32 heavy (non-hydrogen) atoms. The summed E-state index contributed by atoms with van der Waals surface area (Å²) in [6, 6.07) is 17.4. The molecule has 1 amide bonds. The molecule has 0 saturated heterocycles. The molecular formula is C22H19F3N2O4S. The maximum Gasteiger partial charge on any atom is 0.416 e. The Morgan fingerprint density at radius 3 is 2.28 bits per heavy atom. The zero-order chi connectivity index (χ0) is 23.4. The number of sulfonamides is 1. The Morgan fingerprint density at radius 1 is 0.969 bits per heavy atom. The molecular weight excluding hydrogens is 445 g/mol. The molecule has 3 aromatic rings. The second kappa shape index (κ2) is 9.31. The van der Waals surface area contributed by atoms with Crippen LogP contribution in [-0.2, 0) is 21.0 Å². The van der Waals surface area contributed by atoms with Gasteiger partial charge in [0, 0.05) is 0 Å². The molecule has 3 aromatic carbocycles. The van der Waals surface area contributed by atoms with Crippen molar-refractivity contribution in [3.05, 3.63) is 84.4 Å². The molecule has 0 aliphatic carbocycles. The Labute approximate surface area is 183 Å². The minimum atomic E-state index is -4.68. The van der Waals surface area contributed by atoms with Crippen LogP contribution in [0, 0.1) is 0 Å². The number of carbonyl (C=O) groups is 1. The predicted molar refractivity (Wildman–Crippen MR) is 114 cm³/mol. The van der Waals surface area contributed by atoms with Crippen molar-refractivity contribution in [1.82, 2.24) is 0 Å². The van der Waals surface area contributed by atoms with Crippen LogP contribution in [0.15, 0.2) is 83.8 Å². The molecule has 3 rings (SSSR count). The number of amides is 1. The van der Waals surface area contributed by atoms with Crippen molar-refractivity contribution in [2.45, 2.75) is 11.1 Å². The van der Waals surface area contributed by atoms with Gasteiger partial charge >= 0.3 is 6.18 Å². The van der Waals surface area contributed by atoms with Crippen LogP contribution in [0.5, 0.6) is 5.75 Å². The fraction of sp³-hybridized carbons (Fsp3) is 0.136. The van der Waals surface area contributed by atoms with Gasteiger partial charge in [0.05, 0.1) is 28.9 Å². The number of nitrogens with zero attached hydrogens (tertiary/aromatic N) is 1. The largest absolute Gasteiger partial charge is 0.495 e. The van der Waals surface area contributed by atoms with Crippen molar-refractivity contribution in [3.8, 4) is 5.75 Å². The van der Waals surface area contributed by atoms with Gasteiger partial charge in [0.2, 0.25) is 5.91 Å². The highest BCUT2D eigenvalue weighted by molar-refractivity contribution is 7.92. The van der Waals surface area contributed by atoms with Gasteiger partial charge in [-0.05, 0) is 42.5 Å². The molecule has 6 nitrogen and oxygen atoms in total. The third kappa shape index (κ3) is 5.20. The molecule has 0 unspecified atom stereocenters. The van der Waals surface area contributed by atoms with Crippen LogP contribution in [-0.4, -0.2) is 28.0 Å². The van der Waals surface area contributed by atoms with E-state index in [9.17, 15) is 26.4 Å². The number of alkyl halides is 3. The third-order valence-corrected chi connectivity index (χ3v) is 6.25. The second-order valence-electron chi connectivity index (χ2n) is 6.62. The van der Waals surface area contributed by atoms with Gasteiger partial charge < -0.3 is 10.1 Å². The van der Waals surface area contributed by atoms with E-state index < -0.39 is 34.2 Å². The number of nitrogens with one attached hydrogen (secondary N) is 1. The zero-order valence-corrected chi connectivity index (χ0v) is 17.7. The summed E-state index contributed by atoms with van der Waals surface area (Å²) in [5, 5.41) is 2.54. The van der Waals surface area contributed by atoms with E-state index in [0.717, 1.165) is 12.1 Å². The number of methoxy groups -OCH3 is 1. The SMILES string of the molecule is COc1ccccc1NC(=O)CN(c1cccc(C(F)(F)F)c1)S(=O)(=O)c1ccccc1. The zero-order valence-electron chi connectivity index (χ0n) is 16.8. The smallest absolute Gasteiger partial charge is 0.416 e. The lowest BCUT2D eigenvalue weighted by molar-refractivity contribution is -0.137. The van der Waals surface area contributed by atoms with Crippen LogP contribution in [0.1, 0.15) is 5.56 Å². The normalized spacial score (nSPS) is 11.6. The lowest BCUT2D eigenvalue weighted by atomic mass is 10.2. The lowest BCUT2D eigenvalue weighted by Gasteiger charge is -2.25. The third-order valence-electron chi connectivity index (χ3n) is 4.46. The molecule has 10 heteroatoms. The van der Waals surface area contributed by atoms with Gasteiger partial charge in [0.15, 0.2) is 0 Å². The van der Waals surface area contributed by atoms with Crippen LogP contribution >= 0.6 is 0 Å². The monoisotopic (exact) mass is 464 g/mol. The Balaban J connectivity index is 2.01. The maximum absolute atomic E-state index is 13.2. The van der Waals surface area contributed by atoms with Gasteiger partial charge in [0.1, 0.15) is 12.3 Å². The standard InChI is InChI=1S/C22H19F3N2O4S/c1-31-20-13-6-5-12-19(20)26-21(28)15-27(32(29,30)18-10-3-2-4-11-18)17-9-7-8-16(14-17)22(23,24)25/h2-14H,15H2,1H3,(H,26,28). The molecule has 0 bridgehead atoms. The van der Waals surface area contributed by atoms with Crippen LogP contribution < -0.4 is 14.4 Å². The number of rotatable bonds is 7. The van der Waals surface area contributed by atoms with Gasteiger partial charge in [-0.15, -0.1) is 0 Å². The number of carbonyl (C=O) groups excluding carboxylic acids is 1. The maximum atomic E-state index is 13.2. The van der Waals surface area contributed by atoms with E-state index in [2.05, 4.69) is 5.32 Å². The topological polar surface area (TPSA) is 75.7 Å². The number of halogens is 3. The van der Waals surface area contributed by atoms with Gasteiger partial charge in [-0.3, -0.25) is 9.10 Å². The van der Waals surface area contributed by atoms with Gasteiger partial charge in [-0.25, -0.2) is 8.42 Å². The summed E-state index contributed by atoms with van der Waals surface area (Å²) in [4.78, 5) is 12.6. The molecule has 0 heterocycles. The molecule has 0 saturated carbocycles. The van der Waals surface area contributed by atoms with Crippen LogP contribution in [0.3, 0.4) is 0 Å². The van der Waals surface area contributed by atoms with Gasteiger partial charge in [0.25, 0.3) is 10.0 Å². The van der Waals surface area contributed by atoms with Crippen LogP contribution in [0.2, 0.25) is 0 Å². The van der Waals surface area contributed by atoms with E-state index in [1.807, 2.05) is 0 Å². The average molecular weight is 464 g/mol. The molecule has 0 aliphatic heterocycles. The summed E-state index contributed by atoms with van der Waals surface area (Å²) >= 11 is 0. The fourth-order valence-electron chi connectivity index (χ4n) is 2.94. The highest BCUT2D eigenvalue weighted by atomic mass is 32.2. The molecule has 0 spiro atoms. The van der Waals surface area contributed by atoms with Crippen molar-refractivity contribution in [2.24, 2.45) is 0 Å². The fourth-order valence-corrected chi connectivity index (χ4v) is 4.37. The Kier molecular flexibility index (Phi) is 6.73. The van der Waals surface area contributed by atoms with Crippen molar-refractivity contribution >= 4 is 27.3 Å². The highest BCUT2D eigenvalue weighted by Gasteiger charge is 2.33. The Hall–Kier alpha value is -3.53. The van der Waals surface area contributed by atoms with Crippen molar-refractivity contribution in [1.29, 1.82) is 0 Å². The minimum Gasteiger partial charge on any atom is -0.495 e. The Bertz CT molecular complexity index is 1200. The number of anilines is 2. The molecule has 0 fully saturated rings. The summed E-state index contributed by atoms with van der Waals surface area (Å²) in [7, 11) is -2.94. The first-order valence-electron chi connectivity index (χ1n) is 9.31. The number of hydrogen-bond donors (Lipinski definition) is 1. The van der Waals surface area contributed by atoms with Crippen molar-refractivity contribution < 1.29 is 31.1 Å². The summed E-state index contributed by atoms with van der Waals surface area (Å²) in [6.45, 7) is -0.753. The summed E-state index contributed by atoms with van der Waals surface area (Å²) in [6.07, 6.45) is -4.68. The molecule has 0 radical (unpaired) electrons. The average Bonchev–Trinajstić information content (AvgIpc) is 2.78. The first-order valence-corrected chi connectivity index (χ1v) is 10.7. The predicted octanol–water partition coefficient (Wildman–Crippen LogP) is 4.55. The molecule has 168 valence electrons. The minimum absolute atomic E-state index is 0.164. The number of para-hydroxylation sites is 2. The van der Waals surface area contributed by atoms with Crippen molar-refractivity contribution in [3.63, 3.8) is 0 Å². The van der Waals surface area contributed by atoms with E-state index >= 15 is 0 Å². The summed E-state index contributed by atoms with van der Waals surface area (Å²) < 4.78 is 72.0. The summed E-state index contributed by atoms with van der Waals surface area (Å²) in [5.74, 6) is -0.413. The van der Waals surface area contributed by atoms with E-state index in [1.54, 1.807) is 30.3 Å². The lowest BCUT2D eigenvalue weighted by Crippen LogP contribution is -2.38. The van der Waals surface area contributed by atoms with E-state index in [-0.39, 0.29) is 10.6 Å². The van der Waals surface area contributed by atoms with Crippen LogP contribution in [0.25, 0.3) is 0 Å². The molecule has 1 N–H and O–H groups in total. The van der Waals surface area contributed by atoms with Crippen molar-refractivity contribution in [2.75, 3.05) is 23.3 Å². The molecule has 0 aromatic heterocycles. The first-order chi connectivity index (χ1) is 15.1.